The van der Waals surface area contributed by atoms with Gasteiger partial charge in [0.2, 0.25) is 0 Å². The second-order valence-corrected chi connectivity index (χ2v) is 6.45. The molecule has 2 aromatic rings. The summed E-state index contributed by atoms with van der Waals surface area (Å²) < 4.78 is 11.6. The zero-order valence-corrected chi connectivity index (χ0v) is 16.3. The van der Waals surface area contributed by atoms with Gasteiger partial charge in [-0.1, -0.05) is 24.6 Å². The Morgan fingerprint density at radius 1 is 1.04 bits per heavy atom. The van der Waals surface area contributed by atoms with Crippen LogP contribution in [0.1, 0.15) is 29.3 Å². The topological polar surface area (TPSA) is 76.7 Å². The van der Waals surface area contributed by atoms with E-state index in [-0.39, 0.29) is 6.61 Å². The average molecular weight is 421 g/mol. The van der Waals surface area contributed by atoms with Crippen LogP contribution in [0.2, 0.25) is 0 Å². The highest BCUT2D eigenvalue weighted by molar-refractivity contribution is 9.10. The van der Waals surface area contributed by atoms with Crippen molar-refractivity contribution >= 4 is 27.7 Å². The molecule has 0 aromatic heterocycles. The molecule has 26 heavy (non-hydrogen) atoms. The highest BCUT2D eigenvalue weighted by Crippen LogP contribution is 2.26. The normalized spacial score (nSPS) is 10.1. The molecule has 0 fully saturated rings. The molecule has 0 aliphatic heterocycles. The number of carbonyl (C=O) groups excluding carboxylic acids is 2. The monoisotopic (exact) mass is 420 g/mol. The van der Waals surface area contributed by atoms with Crippen LogP contribution in [0.5, 0.6) is 11.5 Å². The van der Waals surface area contributed by atoms with E-state index in [9.17, 15) is 9.59 Å². The minimum Gasteiger partial charge on any atom is -0.492 e. The van der Waals surface area contributed by atoms with Crippen molar-refractivity contribution in [1.82, 2.24) is 10.9 Å². The first-order valence-corrected chi connectivity index (χ1v) is 9.00. The first kappa shape index (κ1) is 19.8. The quantitative estimate of drug-likeness (QED) is 0.673. The number of halogens is 1. The van der Waals surface area contributed by atoms with Crippen molar-refractivity contribution < 1.29 is 19.1 Å². The lowest BCUT2D eigenvalue weighted by Gasteiger charge is -2.11. The van der Waals surface area contributed by atoms with Crippen LogP contribution in [0.4, 0.5) is 0 Å². The Labute approximate surface area is 161 Å². The van der Waals surface area contributed by atoms with E-state index in [0.29, 0.717) is 28.1 Å². The summed E-state index contributed by atoms with van der Waals surface area (Å²) in [6.45, 7) is 4.38. The maximum absolute atomic E-state index is 12.1. The Morgan fingerprint density at radius 2 is 1.77 bits per heavy atom. The summed E-state index contributed by atoms with van der Waals surface area (Å²) in [6, 6.07) is 12.3. The molecule has 6 nitrogen and oxygen atoms in total. The van der Waals surface area contributed by atoms with Crippen LogP contribution in [-0.4, -0.2) is 25.0 Å². The summed E-state index contributed by atoms with van der Waals surface area (Å²) in [5.41, 5.74) is 6.17. The van der Waals surface area contributed by atoms with E-state index in [1.54, 1.807) is 30.3 Å². The molecular formula is C19H21BrN2O4. The van der Waals surface area contributed by atoms with Gasteiger partial charge in [-0.15, -0.1) is 0 Å². The second kappa shape index (κ2) is 9.82. The highest BCUT2D eigenvalue weighted by atomic mass is 79.9. The number of hydrogen-bond donors (Lipinski definition) is 2. The van der Waals surface area contributed by atoms with Crippen LogP contribution in [0.15, 0.2) is 46.9 Å². The Hall–Kier alpha value is -2.54. The third kappa shape index (κ3) is 6.07. The smallest absolute Gasteiger partial charge is 0.276 e. The van der Waals surface area contributed by atoms with E-state index < -0.39 is 11.8 Å². The molecule has 2 amide bonds. The number of hydrogen-bond acceptors (Lipinski definition) is 4. The van der Waals surface area contributed by atoms with Crippen molar-refractivity contribution in [3.8, 4) is 11.5 Å². The summed E-state index contributed by atoms with van der Waals surface area (Å²) in [5, 5.41) is 0. The minimum atomic E-state index is -0.458. The summed E-state index contributed by atoms with van der Waals surface area (Å²) >= 11 is 3.37. The number of rotatable bonds is 7. The molecule has 138 valence electrons. The van der Waals surface area contributed by atoms with Crippen LogP contribution in [-0.2, 0) is 4.79 Å². The average Bonchev–Trinajstić information content (AvgIpc) is 2.64. The van der Waals surface area contributed by atoms with Crippen molar-refractivity contribution in [2.24, 2.45) is 0 Å². The summed E-state index contributed by atoms with van der Waals surface area (Å²) in [7, 11) is 0. The highest BCUT2D eigenvalue weighted by Gasteiger charge is 2.11. The number of hydrazine groups is 1. The van der Waals surface area contributed by atoms with Gasteiger partial charge in [-0.05, 0) is 59.6 Å². The molecule has 0 aliphatic rings. The van der Waals surface area contributed by atoms with Gasteiger partial charge in [0.15, 0.2) is 6.61 Å². The van der Waals surface area contributed by atoms with Crippen molar-refractivity contribution in [2.75, 3.05) is 13.2 Å². The molecule has 0 bridgehead atoms. The molecule has 0 spiro atoms. The molecule has 0 saturated carbocycles. The number of amides is 2. The number of ether oxygens (including phenoxy) is 2. The molecule has 0 aliphatic carbocycles. The fraction of sp³-hybridized carbons (Fsp3) is 0.263. The maximum atomic E-state index is 12.1. The van der Waals surface area contributed by atoms with Crippen molar-refractivity contribution in [3.63, 3.8) is 0 Å². The van der Waals surface area contributed by atoms with E-state index in [1.165, 1.54) is 0 Å². The van der Waals surface area contributed by atoms with E-state index in [1.807, 2.05) is 26.0 Å². The van der Waals surface area contributed by atoms with E-state index in [2.05, 4.69) is 26.8 Å². The van der Waals surface area contributed by atoms with Gasteiger partial charge in [0.1, 0.15) is 11.5 Å². The Balaban J connectivity index is 1.81. The first-order valence-electron chi connectivity index (χ1n) is 8.20. The number of benzene rings is 2. The van der Waals surface area contributed by atoms with Crippen LogP contribution >= 0.6 is 15.9 Å². The van der Waals surface area contributed by atoms with Gasteiger partial charge >= 0.3 is 0 Å². The zero-order valence-electron chi connectivity index (χ0n) is 14.7. The molecule has 0 heterocycles. The lowest BCUT2D eigenvalue weighted by molar-refractivity contribution is -0.123. The first-order chi connectivity index (χ1) is 12.5. The van der Waals surface area contributed by atoms with Crippen molar-refractivity contribution in [2.45, 2.75) is 20.3 Å². The number of carbonyl (C=O) groups is 2. The van der Waals surface area contributed by atoms with Crippen LogP contribution in [0, 0.1) is 6.92 Å². The van der Waals surface area contributed by atoms with Gasteiger partial charge < -0.3 is 9.47 Å². The van der Waals surface area contributed by atoms with Crippen LogP contribution in [0.25, 0.3) is 0 Å². The van der Waals surface area contributed by atoms with Crippen molar-refractivity contribution in [3.05, 3.63) is 58.1 Å². The summed E-state index contributed by atoms with van der Waals surface area (Å²) in [6.07, 6.45) is 0.894. The SMILES string of the molecule is CCCOc1ccc(C(=O)NNC(=O)COc2ccc(C)cc2)cc1Br. The molecule has 2 aromatic carbocycles. The van der Waals surface area contributed by atoms with Crippen molar-refractivity contribution in [1.29, 1.82) is 0 Å². The Morgan fingerprint density at radius 3 is 2.42 bits per heavy atom. The van der Waals surface area contributed by atoms with Gasteiger partial charge in [0.05, 0.1) is 11.1 Å². The fourth-order valence-electron chi connectivity index (χ4n) is 1.99. The second-order valence-electron chi connectivity index (χ2n) is 5.60. The van der Waals surface area contributed by atoms with E-state index >= 15 is 0 Å². The molecule has 2 N–H and O–H groups in total. The minimum absolute atomic E-state index is 0.198. The third-order valence-corrected chi connectivity index (χ3v) is 3.98. The summed E-state index contributed by atoms with van der Waals surface area (Å²) in [4.78, 5) is 23.9. The van der Waals surface area contributed by atoms with Gasteiger partial charge in [0.25, 0.3) is 11.8 Å². The largest absolute Gasteiger partial charge is 0.492 e. The fourth-order valence-corrected chi connectivity index (χ4v) is 2.48. The summed E-state index contributed by atoms with van der Waals surface area (Å²) in [5.74, 6) is 0.361. The van der Waals surface area contributed by atoms with Crippen LogP contribution < -0.4 is 20.3 Å². The standard InChI is InChI=1S/C19H21BrN2O4/c1-3-10-25-17-9-6-14(11-16(17)20)19(24)22-21-18(23)12-26-15-7-4-13(2)5-8-15/h4-9,11H,3,10,12H2,1-2H3,(H,21,23)(H,22,24). The van der Waals surface area contributed by atoms with Gasteiger partial charge in [0, 0.05) is 5.56 Å². The van der Waals surface area contributed by atoms with Gasteiger partial charge in [-0.25, -0.2) is 0 Å². The predicted octanol–water partition coefficient (Wildman–Crippen LogP) is 3.39. The molecular weight excluding hydrogens is 400 g/mol. The van der Waals surface area contributed by atoms with Gasteiger partial charge in [-0.3, -0.25) is 20.4 Å². The lowest BCUT2D eigenvalue weighted by Crippen LogP contribution is -2.43. The maximum Gasteiger partial charge on any atom is 0.276 e. The van der Waals surface area contributed by atoms with Gasteiger partial charge in [-0.2, -0.15) is 0 Å². The zero-order chi connectivity index (χ0) is 18.9. The predicted molar refractivity (Wildman–Crippen MR) is 102 cm³/mol. The molecule has 2 rings (SSSR count). The third-order valence-electron chi connectivity index (χ3n) is 3.36. The molecule has 0 radical (unpaired) electrons. The molecule has 0 saturated heterocycles. The number of aryl methyl sites for hydroxylation is 1. The number of nitrogens with one attached hydrogen (secondary N) is 2. The molecule has 0 unspecified atom stereocenters. The Bertz CT molecular complexity index is 763. The lowest BCUT2D eigenvalue weighted by atomic mass is 10.2. The Kier molecular flexibility index (Phi) is 7.47. The molecule has 7 heteroatoms. The van der Waals surface area contributed by atoms with E-state index in [0.717, 1.165) is 12.0 Å². The molecule has 0 atom stereocenters. The van der Waals surface area contributed by atoms with Crippen LogP contribution in [0.3, 0.4) is 0 Å². The van der Waals surface area contributed by atoms with E-state index in [4.69, 9.17) is 9.47 Å².